The molecule has 122 valence electrons. The summed E-state index contributed by atoms with van der Waals surface area (Å²) in [6.45, 7) is 5.42. The number of hydrogen-bond acceptors (Lipinski definition) is 4. The van der Waals surface area contributed by atoms with Crippen LogP contribution in [0.3, 0.4) is 0 Å². The highest BCUT2D eigenvalue weighted by atomic mass is 16.5. The summed E-state index contributed by atoms with van der Waals surface area (Å²) in [6.07, 6.45) is 11.6. The molecule has 2 bridgehead atoms. The molecule has 0 N–H and O–H groups in total. The minimum atomic E-state index is -0.424. The molecule has 0 spiro atoms. The van der Waals surface area contributed by atoms with E-state index in [2.05, 4.69) is 28.3 Å². The lowest BCUT2D eigenvalue weighted by Crippen LogP contribution is -2.46. The number of allylic oxidation sites excluding steroid dienone is 1. The van der Waals surface area contributed by atoms with Crippen molar-refractivity contribution >= 4 is 5.91 Å². The first-order valence-electron chi connectivity index (χ1n) is 8.84. The summed E-state index contributed by atoms with van der Waals surface area (Å²) in [4.78, 5) is 19.1. The van der Waals surface area contributed by atoms with Crippen LogP contribution in [0.2, 0.25) is 0 Å². The van der Waals surface area contributed by atoms with E-state index < -0.39 is 6.10 Å². The molecule has 0 aromatic heterocycles. The fraction of sp³-hybridized carbons (Fsp3) is 0.611. The van der Waals surface area contributed by atoms with Gasteiger partial charge in [0, 0.05) is 50.2 Å². The fourth-order valence-corrected chi connectivity index (χ4v) is 4.38. The van der Waals surface area contributed by atoms with E-state index in [0.717, 1.165) is 43.3 Å². The van der Waals surface area contributed by atoms with Gasteiger partial charge < -0.3 is 19.4 Å². The van der Waals surface area contributed by atoms with Crippen LogP contribution in [0.25, 0.3) is 0 Å². The average molecular weight is 313 g/mol. The molecule has 5 heteroatoms. The number of nitrogens with zero attached hydrogens (tertiary/aromatic N) is 3. The first-order chi connectivity index (χ1) is 11.3. The summed E-state index contributed by atoms with van der Waals surface area (Å²) in [7, 11) is 0. The van der Waals surface area contributed by atoms with E-state index in [1.165, 1.54) is 25.9 Å². The van der Waals surface area contributed by atoms with E-state index in [0.29, 0.717) is 6.04 Å². The maximum absolute atomic E-state index is 12.3. The van der Waals surface area contributed by atoms with E-state index in [4.69, 9.17) is 4.74 Å². The highest BCUT2D eigenvalue weighted by molar-refractivity contribution is 5.85. The SMILES string of the molecule is O=C(C1C=C2C=CN([C@@H]3C[C@H]4CCN(C4)C3)C=C2O1)N1CCC1. The average Bonchev–Trinajstić information content (AvgIpc) is 3.07. The summed E-state index contributed by atoms with van der Waals surface area (Å²) in [5.74, 6) is 1.82. The predicted molar refractivity (Wildman–Crippen MR) is 86.2 cm³/mol. The Bertz CT molecular complexity index is 608. The van der Waals surface area contributed by atoms with Crippen molar-refractivity contribution in [1.82, 2.24) is 14.7 Å². The molecule has 5 nitrogen and oxygen atoms in total. The number of rotatable bonds is 2. The lowest BCUT2D eigenvalue weighted by molar-refractivity contribution is -0.141. The van der Waals surface area contributed by atoms with E-state index in [-0.39, 0.29) is 5.91 Å². The van der Waals surface area contributed by atoms with Crippen molar-refractivity contribution in [1.29, 1.82) is 0 Å². The molecule has 4 atom stereocenters. The van der Waals surface area contributed by atoms with Crippen molar-refractivity contribution in [3.8, 4) is 0 Å². The number of amides is 1. The van der Waals surface area contributed by atoms with Crippen LogP contribution in [-0.2, 0) is 9.53 Å². The molecular formula is C18H23N3O2. The highest BCUT2D eigenvalue weighted by Crippen LogP contribution is 2.34. The second kappa shape index (κ2) is 5.13. The van der Waals surface area contributed by atoms with Gasteiger partial charge in [0.2, 0.25) is 0 Å². The summed E-state index contributed by atoms with van der Waals surface area (Å²) >= 11 is 0. The van der Waals surface area contributed by atoms with Crippen molar-refractivity contribution in [2.24, 2.45) is 5.92 Å². The number of likely N-dealkylation sites (tertiary alicyclic amines) is 1. The van der Waals surface area contributed by atoms with Gasteiger partial charge in [0.05, 0.1) is 0 Å². The quantitative estimate of drug-likeness (QED) is 0.770. The number of hydrogen-bond donors (Lipinski definition) is 0. The fourth-order valence-electron chi connectivity index (χ4n) is 4.38. The second-order valence-corrected chi connectivity index (χ2v) is 7.40. The molecule has 0 aromatic carbocycles. The van der Waals surface area contributed by atoms with Gasteiger partial charge in [-0.1, -0.05) is 0 Å². The molecule has 1 amide bonds. The Morgan fingerprint density at radius 2 is 2.13 bits per heavy atom. The number of carbonyl (C=O) groups excluding carboxylic acids is 1. The van der Waals surface area contributed by atoms with Crippen LogP contribution >= 0.6 is 0 Å². The molecule has 3 saturated heterocycles. The Morgan fingerprint density at radius 3 is 2.91 bits per heavy atom. The molecule has 2 unspecified atom stereocenters. The van der Waals surface area contributed by atoms with Crippen molar-refractivity contribution in [2.45, 2.75) is 31.4 Å². The Hall–Kier alpha value is -1.75. The summed E-state index contributed by atoms with van der Waals surface area (Å²) in [6, 6.07) is 0.537. The third kappa shape index (κ3) is 2.29. The molecule has 5 aliphatic rings. The first-order valence-corrected chi connectivity index (χ1v) is 8.84. The maximum Gasteiger partial charge on any atom is 0.267 e. The lowest BCUT2D eigenvalue weighted by atomic mass is 9.95. The molecule has 0 radical (unpaired) electrons. The number of fused-ring (bicyclic) bond motifs is 3. The normalized spacial score (nSPS) is 37.7. The zero-order chi connectivity index (χ0) is 15.4. The smallest absolute Gasteiger partial charge is 0.267 e. The van der Waals surface area contributed by atoms with Gasteiger partial charge in [-0.15, -0.1) is 0 Å². The van der Waals surface area contributed by atoms with Crippen LogP contribution in [0, 0.1) is 5.92 Å². The predicted octanol–water partition coefficient (Wildman–Crippen LogP) is 1.31. The maximum atomic E-state index is 12.3. The monoisotopic (exact) mass is 313 g/mol. The summed E-state index contributed by atoms with van der Waals surface area (Å²) in [5.41, 5.74) is 1.05. The number of piperidine rings is 1. The zero-order valence-corrected chi connectivity index (χ0v) is 13.4. The van der Waals surface area contributed by atoms with Gasteiger partial charge in [-0.3, -0.25) is 4.79 Å². The van der Waals surface area contributed by atoms with Gasteiger partial charge in [-0.05, 0) is 43.9 Å². The van der Waals surface area contributed by atoms with Gasteiger partial charge >= 0.3 is 0 Å². The van der Waals surface area contributed by atoms with Crippen LogP contribution in [0.5, 0.6) is 0 Å². The largest absolute Gasteiger partial charge is 0.474 e. The Kier molecular flexibility index (Phi) is 3.05. The standard InChI is InChI=1S/C18H23N3O2/c22-18(20-4-1-5-20)16-9-14-3-7-21(12-17(14)23-16)15-8-13-2-6-19(10-13)11-15/h3,7,9,12-13,15-16H,1-2,4-6,8,10-11H2/t13-,15-,16?/m1/s1. The molecule has 0 aliphatic carbocycles. The summed E-state index contributed by atoms with van der Waals surface area (Å²) < 4.78 is 5.95. The van der Waals surface area contributed by atoms with Crippen molar-refractivity contribution in [2.75, 3.05) is 32.7 Å². The zero-order valence-electron chi connectivity index (χ0n) is 13.4. The minimum absolute atomic E-state index is 0.112. The second-order valence-electron chi connectivity index (χ2n) is 7.40. The van der Waals surface area contributed by atoms with Gasteiger partial charge in [0.15, 0.2) is 6.10 Å². The number of ether oxygens (including phenoxy) is 1. The van der Waals surface area contributed by atoms with E-state index in [1.807, 2.05) is 11.0 Å². The van der Waals surface area contributed by atoms with Crippen molar-refractivity contribution in [3.05, 3.63) is 35.9 Å². The third-order valence-corrected chi connectivity index (χ3v) is 5.84. The van der Waals surface area contributed by atoms with Gasteiger partial charge in [0.25, 0.3) is 5.91 Å². The Labute approximate surface area is 136 Å². The van der Waals surface area contributed by atoms with Crippen molar-refractivity contribution < 1.29 is 9.53 Å². The molecule has 3 fully saturated rings. The molecular weight excluding hydrogens is 290 g/mol. The van der Waals surface area contributed by atoms with E-state index >= 15 is 0 Å². The van der Waals surface area contributed by atoms with E-state index in [1.54, 1.807) is 0 Å². The Morgan fingerprint density at radius 1 is 1.22 bits per heavy atom. The third-order valence-electron chi connectivity index (χ3n) is 5.84. The van der Waals surface area contributed by atoms with Crippen LogP contribution in [0.4, 0.5) is 0 Å². The highest BCUT2D eigenvalue weighted by Gasteiger charge is 2.37. The molecule has 23 heavy (non-hydrogen) atoms. The minimum Gasteiger partial charge on any atom is -0.474 e. The lowest BCUT2D eigenvalue weighted by Gasteiger charge is -2.37. The van der Waals surface area contributed by atoms with Crippen molar-refractivity contribution in [3.63, 3.8) is 0 Å². The molecule has 5 heterocycles. The van der Waals surface area contributed by atoms with Crippen LogP contribution in [0.1, 0.15) is 19.3 Å². The van der Waals surface area contributed by atoms with Gasteiger partial charge in [-0.25, -0.2) is 0 Å². The summed E-state index contributed by atoms with van der Waals surface area (Å²) in [5, 5.41) is 0. The van der Waals surface area contributed by atoms with Crippen LogP contribution < -0.4 is 0 Å². The first kappa shape index (κ1) is 13.7. The molecule has 0 aromatic rings. The van der Waals surface area contributed by atoms with Crippen LogP contribution in [-0.4, -0.2) is 65.5 Å². The van der Waals surface area contributed by atoms with Gasteiger partial charge in [-0.2, -0.15) is 0 Å². The van der Waals surface area contributed by atoms with E-state index in [9.17, 15) is 4.79 Å². The molecule has 0 saturated carbocycles. The molecule has 5 rings (SSSR count). The molecule has 5 aliphatic heterocycles. The topological polar surface area (TPSA) is 36.0 Å². The van der Waals surface area contributed by atoms with Crippen LogP contribution in [0.15, 0.2) is 35.9 Å². The Balaban J connectivity index is 1.30. The number of carbonyl (C=O) groups is 1. The van der Waals surface area contributed by atoms with Gasteiger partial charge in [0.1, 0.15) is 5.76 Å².